The summed E-state index contributed by atoms with van der Waals surface area (Å²) in [5.74, 6) is -2.72. The number of carbonyl (C=O) groups is 3. The second kappa shape index (κ2) is 28.2. The molecule has 0 aromatic heterocycles. The van der Waals surface area contributed by atoms with Gasteiger partial charge in [0.1, 0.15) is 24.7 Å². The molecular weight excluding hydrogens is 924 g/mol. The summed E-state index contributed by atoms with van der Waals surface area (Å²) in [5.41, 5.74) is -5.76. The molecule has 1 aliphatic rings. The fourth-order valence-electron chi connectivity index (χ4n) is 6.91. The van der Waals surface area contributed by atoms with Gasteiger partial charge in [-0.1, -0.05) is 77.0 Å². The van der Waals surface area contributed by atoms with Gasteiger partial charge in [0, 0.05) is 19.4 Å². The van der Waals surface area contributed by atoms with E-state index in [4.69, 9.17) is 28.4 Å². The fraction of sp³-hybridized carbons (Fsp3) is 0.674. The molecular formula is C46H58F12O9. The smallest absolute Gasteiger partial charge is 0.416 e. The Morgan fingerprint density at radius 1 is 0.493 bits per heavy atom. The van der Waals surface area contributed by atoms with E-state index in [1.54, 1.807) is 0 Å². The molecule has 2 atom stereocenters. The minimum atomic E-state index is -4.96. The van der Waals surface area contributed by atoms with Gasteiger partial charge in [-0.15, -0.1) is 0 Å². The number of hydrogen-bond acceptors (Lipinski definition) is 9. The quantitative estimate of drug-likeness (QED) is 0.0327. The fourth-order valence-corrected chi connectivity index (χ4v) is 6.91. The maximum absolute atomic E-state index is 13.1. The topological polar surface area (TPSA) is 107 Å². The first-order valence-corrected chi connectivity index (χ1v) is 22.5. The Balaban J connectivity index is 1.25. The Kier molecular flexibility index (Phi) is 23.9. The van der Waals surface area contributed by atoms with E-state index in [2.05, 4.69) is 0 Å². The lowest BCUT2D eigenvalue weighted by atomic mass is 10.1. The number of alkyl halides is 12. The largest absolute Gasteiger partial charge is 0.494 e. The summed E-state index contributed by atoms with van der Waals surface area (Å²) in [4.78, 5) is 37.5. The Labute approximate surface area is 381 Å². The predicted molar refractivity (Wildman–Crippen MR) is 218 cm³/mol. The summed E-state index contributed by atoms with van der Waals surface area (Å²) < 4.78 is 188. The van der Waals surface area contributed by atoms with Gasteiger partial charge in [-0.2, -0.15) is 52.7 Å². The molecule has 0 spiro atoms. The van der Waals surface area contributed by atoms with E-state index in [0.29, 0.717) is 95.1 Å². The van der Waals surface area contributed by atoms with Crippen molar-refractivity contribution in [3.63, 3.8) is 0 Å². The molecule has 1 fully saturated rings. The van der Waals surface area contributed by atoms with Crippen LogP contribution in [0.4, 0.5) is 52.7 Å². The molecule has 3 rings (SSSR count). The van der Waals surface area contributed by atoms with Crippen molar-refractivity contribution in [3.8, 4) is 11.5 Å². The third-order valence-corrected chi connectivity index (χ3v) is 10.5. The molecule has 0 radical (unpaired) electrons. The van der Waals surface area contributed by atoms with Crippen molar-refractivity contribution in [1.29, 1.82) is 0 Å². The lowest BCUT2D eigenvalue weighted by molar-refractivity contribution is -0.170. The first kappa shape index (κ1) is 56.9. The van der Waals surface area contributed by atoms with Gasteiger partial charge in [0.05, 0.1) is 35.5 Å². The molecule has 2 unspecified atom stereocenters. The van der Waals surface area contributed by atoms with Gasteiger partial charge in [0.25, 0.3) is 0 Å². The summed E-state index contributed by atoms with van der Waals surface area (Å²) in [7, 11) is 0. The summed E-state index contributed by atoms with van der Waals surface area (Å²) in [6.07, 6.45) is -9.24. The van der Waals surface area contributed by atoms with Crippen molar-refractivity contribution < 1.29 is 95.5 Å². The third kappa shape index (κ3) is 23.4. The average molecular weight is 983 g/mol. The first-order chi connectivity index (χ1) is 31.5. The number of rotatable bonds is 30. The molecule has 21 heteroatoms. The number of esters is 3. The summed E-state index contributed by atoms with van der Waals surface area (Å²) >= 11 is 0. The standard InChI is InChI=1S/C46H58F12O9/c47-43(48,49)32-24-33(44(50,51)52)27-36(26-32)62-21-15-11-7-3-1-5-9-13-19-40(59)65-30-38(31-66-42(61)39-18-17-23-64-39)67-41(60)20-14-10-6-2-4-8-12-16-22-63-37-28-34(45(53,54)55)25-35(29-37)46(56,57)58/h24-29,38-39H,1-23,30-31H2. The highest BCUT2D eigenvalue weighted by Crippen LogP contribution is 2.40. The number of halogens is 12. The maximum Gasteiger partial charge on any atom is 0.416 e. The van der Waals surface area contributed by atoms with Crippen molar-refractivity contribution in [3.05, 3.63) is 58.7 Å². The number of hydrogen-bond donors (Lipinski definition) is 0. The van der Waals surface area contributed by atoms with Gasteiger partial charge in [0.2, 0.25) is 0 Å². The zero-order valence-electron chi connectivity index (χ0n) is 37.0. The van der Waals surface area contributed by atoms with E-state index >= 15 is 0 Å². The van der Waals surface area contributed by atoms with Gasteiger partial charge in [-0.3, -0.25) is 9.59 Å². The molecule has 2 aromatic rings. The van der Waals surface area contributed by atoms with Gasteiger partial charge < -0.3 is 28.4 Å². The highest BCUT2D eigenvalue weighted by Gasteiger charge is 2.38. The van der Waals surface area contributed by atoms with E-state index in [1.807, 2.05) is 0 Å². The SMILES string of the molecule is O=C(CCCCCCCCCCOc1cc(C(F)(F)F)cc(C(F)(F)F)c1)OCC(COC(=O)C1CCCO1)OC(=O)CCCCCCCCCCOc1cc(C(F)(F)F)cc(C(F)(F)F)c1. The minimum Gasteiger partial charge on any atom is -0.494 e. The van der Waals surface area contributed by atoms with Crippen LogP contribution in [0.15, 0.2) is 36.4 Å². The van der Waals surface area contributed by atoms with Crippen LogP contribution in [0.25, 0.3) is 0 Å². The summed E-state index contributed by atoms with van der Waals surface area (Å²) in [6, 6.07) is 2.26. The molecule has 9 nitrogen and oxygen atoms in total. The highest BCUT2D eigenvalue weighted by atomic mass is 19.4. The van der Waals surface area contributed by atoms with Crippen molar-refractivity contribution in [2.24, 2.45) is 0 Å². The predicted octanol–water partition coefficient (Wildman–Crippen LogP) is 13.4. The van der Waals surface area contributed by atoms with E-state index in [-0.39, 0.29) is 51.4 Å². The average Bonchev–Trinajstić information content (AvgIpc) is 3.80. The third-order valence-electron chi connectivity index (χ3n) is 10.5. The Bertz CT molecular complexity index is 1720. The Morgan fingerprint density at radius 3 is 1.22 bits per heavy atom. The molecule has 380 valence electrons. The van der Waals surface area contributed by atoms with Crippen LogP contribution in [0.3, 0.4) is 0 Å². The maximum atomic E-state index is 13.1. The van der Waals surface area contributed by atoms with Crippen LogP contribution >= 0.6 is 0 Å². The van der Waals surface area contributed by atoms with Crippen molar-refractivity contribution in [2.45, 2.75) is 165 Å². The van der Waals surface area contributed by atoms with Crippen molar-refractivity contribution in [2.75, 3.05) is 33.0 Å². The van der Waals surface area contributed by atoms with Gasteiger partial charge in [0.15, 0.2) is 12.2 Å². The molecule has 0 bridgehead atoms. The van der Waals surface area contributed by atoms with Crippen molar-refractivity contribution in [1.82, 2.24) is 0 Å². The molecule has 1 saturated heterocycles. The number of unbranched alkanes of at least 4 members (excludes halogenated alkanes) is 14. The van der Waals surface area contributed by atoms with E-state index in [9.17, 15) is 67.1 Å². The van der Waals surface area contributed by atoms with Crippen LogP contribution in [0.2, 0.25) is 0 Å². The van der Waals surface area contributed by atoms with Crippen molar-refractivity contribution >= 4 is 17.9 Å². The molecule has 2 aromatic carbocycles. The van der Waals surface area contributed by atoms with E-state index in [1.165, 1.54) is 0 Å². The molecule has 0 N–H and O–H groups in total. The van der Waals surface area contributed by atoms with Gasteiger partial charge in [-0.25, -0.2) is 4.79 Å². The van der Waals surface area contributed by atoms with Crippen LogP contribution in [-0.2, 0) is 58.0 Å². The lowest BCUT2D eigenvalue weighted by Gasteiger charge is -2.19. The number of carbonyl (C=O) groups excluding carboxylic acids is 3. The second-order valence-electron chi connectivity index (χ2n) is 16.3. The molecule has 0 amide bonds. The van der Waals surface area contributed by atoms with Crippen LogP contribution in [0, 0.1) is 0 Å². The summed E-state index contributed by atoms with van der Waals surface area (Å²) in [6.45, 7) is -0.346. The van der Waals surface area contributed by atoms with E-state index < -0.39 is 88.6 Å². The molecule has 0 aliphatic carbocycles. The minimum absolute atomic E-state index is 0.0424. The molecule has 1 aliphatic heterocycles. The monoisotopic (exact) mass is 982 g/mol. The first-order valence-electron chi connectivity index (χ1n) is 22.5. The van der Waals surface area contributed by atoms with Crippen LogP contribution < -0.4 is 9.47 Å². The Hall–Kier alpha value is -4.43. The van der Waals surface area contributed by atoms with Gasteiger partial charge >= 0.3 is 42.6 Å². The highest BCUT2D eigenvalue weighted by molar-refractivity contribution is 5.75. The van der Waals surface area contributed by atoms with Crippen LogP contribution in [-0.4, -0.2) is 63.2 Å². The summed E-state index contributed by atoms with van der Waals surface area (Å²) in [5, 5.41) is 0. The van der Waals surface area contributed by atoms with Gasteiger partial charge in [-0.05, 0) is 74.9 Å². The Morgan fingerprint density at radius 2 is 0.851 bits per heavy atom. The number of ether oxygens (including phenoxy) is 6. The zero-order chi connectivity index (χ0) is 49.5. The van der Waals surface area contributed by atoms with Crippen LogP contribution in [0.1, 0.15) is 151 Å². The molecule has 1 heterocycles. The normalized spacial score (nSPS) is 15.0. The lowest BCUT2D eigenvalue weighted by Crippen LogP contribution is -2.33. The van der Waals surface area contributed by atoms with E-state index in [0.717, 1.165) is 51.4 Å². The zero-order valence-corrected chi connectivity index (χ0v) is 37.0. The molecule has 0 saturated carbocycles. The number of benzene rings is 2. The van der Waals surface area contributed by atoms with Crippen LogP contribution in [0.5, 0.6) is 11.5 Å². The second-order valence-corrected chi connectivity index (χ2v) is 16.3. The molecule has 67 heavy (non-hydrogen) atoms.